The average Bonchev–Trinajstić information content (AvgIpc) is 2.66. The third-order valence-corrected chi connectivity index (χ3v) is 5.64. The first-order chi connectivity index (χ1) is 13.7. The molecule has 0 aromatic heterocycles. The lowest BCUT2D eigenvalue weighted by molar-refractivity contribution is -0.139. The highest BCUT2D eigenvalue weighted by Gasteiger charge is 2.28. The van der Waals surface area contributed by atoms with E-state index in [1.54, 1.807) is 11.8 Å². The minimum atomic E-state index is -0.567. The van der Waals surface area contributed by atoms with Crippen LogP contribution in [0.5, 0.6) is 0 Å². The molecule has 0 heterocycles. The SMILES string of the molecule is C[C@@H](C(=O)NC(C)(C)C)N(Cc1ccccc1)C(=O)CSCc1ccccc1Cl. The zero-order valence-corrected chi connectivity index (χ0v) is 19.0. The van der Waals surface area contributed by atoms with Gasteiger partial charge in [0.25, 0.3) is 0 Å². The summed E-state index contributed by atoms with van der Waals surface area (Å²) in [4.78, 5) is 27.4. The molecular weight excluding hydrogens is 404 g/mol. The second kappa shape index (κ2) is 10.7. The van der Waals surface area contributed by atoms with E-state index in [2.05, 4.69) is 5.32 Å². The van der Waals surface area contributed by atoms with E-state index in [4.69, 9.17) is 11.6 Å². The van der Waals surface area contributed by atoms with Crippen LogP contribution in [0.1, 0.15) is 38.8 Å². The molecule has 4 nitrogen and oxygen atoms in total. The average molecular weight is 433 g/mol. The Morgan fingerprint density at radius 2 is 1.69 bits per heavy atom. The van der Waals surface area contributed by atoms with E-state index in [0.717, 1.165) is 11.1 Å². The third-order valence-electron chi connectivity index (χ3n) is 4.30. The molecule has 0 saturated carbocycles. The molecule has 0 saturated heterocycles. The van der Waals surface area contributed by atoms with Crippen LogP contribution in [0.15, 0.2) is 54.6 Å². The van der Waals surface area contributed by atoms with Crippen LogP contribution in [0.2, 0.25) is 5.02 Å². The molecule has 6 heteroatoms. The predicted octanol–water partition coefficient (Wildman–Crippen LogP) is 4.91. The first kappa shape index (κ1) is 23.3. The Bertz CT molecular complexity index is 821. The fourth-order valence-electron chi connectivity index (χ4n) is 2.78. The summed E-state index contributed by atoms with van der Waals surface area (Å²) in [6, 6.07) is 16.8. The summed E-state index contributed by atoms with van der Waals surface area (Å²) in [6.45, 7) is 7.97. The molecule has 2 rings (SSSR count). The minimum Gasteiger partial charge on any atom is -0.350 e. The Morgan fingerprint density at radius 1 is 1.07 bits per heavy atom. The van der Waals surface area contributed by atoms with E-state index >= 15 is 0 Å². The van der Waals surface area contributed by atoms with Crippen LogP contribution in [-0.4, -0.2) is 34.0 Å². The number of halogens is 1. The highest BCUT2D eigenvalue weighted by molar-refractivity contribution is 7.99. The van der Waals surface area contributed by atoms with E-state index in [9.17, 15) is 9.59 Å². The van der Waals surface area contributed by atoms with Gasteiger partial charge < -0.3 is 10.2 Å². The zero-order chi connectivity index (χ0) is 21.4. The van der Waals surface area contributed by atoms with Crippen molar-refractivity contribution in [1.82, 2.24) is 10.2 Å². The van der Waals surface area contributed by atoms with Gasteiger partial charge in [0, 0.05) is 22.9 Å². The molecule has 0 radical (unpaired) electrons. The van der Waals surface area contributed by atoms with Gasteiger partial charge >= 0.3 is 0 Å². The summed E-state index contributed by atoms with van der Waals surface area (Å²) in [6.07, 6.45) is 0. The lowest BCUT2D eigenvalue weighted by Gasteiger charge is -2.31. The summed E-state index contributed by atoms with van der Waals surface area (Å²) in [5.41, 5.74) is 1.64. The number of carbonyl (C=O) groups is 2. The molecule has 156 valence electrons. The fraction of sp³-hybridized carbons (Fsp3) is 0.391. The monoisotopic (exact) mass is 432 g/mol. The summed E-state index contributed by atoms with van der Waals surface area (Å²) >= 11 is 7.70. The molecule has 0 unspecified atom stereocenters. The lowest BCUT2D eigenvalue weighted by atomic mass is 10.1. The summed E-state index contributed by atoms with van der Waals surface area (Å²) in [7, 11) is 0. The normalized spacial score (nSPS) is 12.3. The van der Waals surface area contributed by atoms with Crippen molar-refractivity contribution in [2.24, 2.45) is 0 Å². The first-order valence-electron chi connectivity index (χ1n) is 9.64. The number of hydrogen-bond donors (Lipinski definition) is 1. The summed E-state index contributed by atoms with van der Waals surface area (Å²) in [5, 5.41) is 3.67. The number of hydrogen-bond acceptors (Lipinski definition) is 3. The molecule has 1 atom stereocenters. The van der Waals surface area contributed by atoms with Gasteiger partial charge in [-0.3, -0.25) is 9.59 Å². The largest absolute Gasteiger partial charge is 0.350 e. The number of benzene rings is 2. The van der Waals surface area contributed by atoms with E-state index in [1.165, 1.54) is 11.8 Å². The van der Waals surface area contributed by atoms with Crippen LogP contribution in [0.3, 0.4) is 0 Å². The molecule has 2 aromatic carbocycles. The highest BCUT2D eigenvalue weighted by Crippen LogP contribution is 2.21. The van der Waals surface area contributed by atoms with E-state index in [-0.39, 0.29) is 23.1 Å². The molecular formula is C23H29ClN2O2S. The van der Waals surface area contributed by atoms with Gasteiger partial charge in [0.1, 0.15) is 6.04 Å². The molecule has 0 aliphatic heterocycles. The van der Waals surface area contributed by atoms with Crippen LogP contribution in [0.4, 0.5) is 0 Å². The van der Waals surface area contributed by atoms with Crippen LogP contribution < -0.4 is 5.32 Å². The Labute approximate surface area is 183 Å². The van der Waals surface area contributed by atoms with Crippen LogP contribution in [-0.2, 0) is 21.9 Å². The van der Waals surface area contributed by atoms with Crippen molar-refractivity contribution in [3.63, 3.8) is 0 Å². The second-order valence-corrected chi connectivity index (χ2v) is 9.40. The van der Waals surface area contributed by atoms with E-state index in [0.29, 0.717) is 17.3 Å². The van der Waals surface area contributed by atoms with Gasteiger partial charge in [0.05, 0.1) is 5.75 Å². The number of nitrogens with zero attached hydrogens (tertiary/aromatic N) is 1. The summed E-state index contributed by atoms with van der Waals surface area (Å²) < 4.78 is 0. The van der Waals surface area contributed by atoms with Gasteiger partial charge in [-0.1, -0.05) is 60.1 Å². The maximum absolute atomic E-state index is 13.0. The second-order valence-electron chi connectivity index (χ2n) is 8.01. The Morgan fingerprint density at radius 3 is 2.31 bits per heavy atom. The topological polar surface area (TPSA) is 49.4 Å². The summed E-state index contributed by atoms with van der Waals surface area (Å²) in [5.74, 6) is 0.707. The van der Waals surface area contributed by atoms with Gasteiger partial charge in [0.15, 0.2) is 0 Å². The molecule has 0 aliphatic rings. The molecule has 2 amide bonds. The Balaban J connectivity index is 2.07. The van der Waals surface area contributed by atoms with Crippen molar-refractivity contribution < 1.29 is 9.59 Å². The van der Waals surface area contributed by atoms with E-state index < -0.39 is 6.04 Å². The van der Waals surface area contributed by atoms with Crippen LogP contribution in [0, 0.1) is 0 Å². The molecule has 0 fully saturated rings. The Kier molecular flexibility index (Phi) is 8.60. The van der Waals surface area contributed by atoms with Crippen molar-refractivity contribution in [3.8, 4) is 0 Å². The standard InChI is InChI=1S/C23H29ClN2O2S/c1-17(22(28)25-23(2,3)4)26(14-18-10-6-5-7-11-18)21(27)16-29-15-19-12-8-9-13-20(19)24/h5-13,17H,14-16H2,1-4H3,(H,25,28)/t17-/m0/s1. The van der Waals surface area contributed by atoms with Crippen molar-refractivity contribution in [2.75, 3.05) is 5.75 Å². The molecule has 0 aliphatic carbocycles. The van der Waals surface area contributed by atoms with Crippen LogP contribution in [0.25, 0.3) is 0 Å². The first-order valence-corrected chi connectivity index (χ1v) is 11.2. The molecule has 29 heavy (non-hydrogen) atoms. The maximum atomic E-state index is 13.0. The van der Waals surface area contributed by atoms with Crippen molar-refractivity contribution >= 4 is 35.2 Å². The van der Waals surface area contributed by atoms with Gasteiger partial charge in [-0.2, -0.15) is 0 Å². The lowest BCUT2D eigenvalue weighted by Crippen LogP contribution is -2.52. The predicted molar refractivity (Wildman–Crippen MR) is 122 cm³/mol. The van der Waals surface area contributed by atoms with Gasteiger partial charge in [-0.15, -0.1) is 11.8 Å². The number of amides is 2. The smallest absolute Gasteiger partial charge is 0.242 e. The van der Waals surface area contributed by atoms with Gasteiger partial charge in [0.2, 0.25) is 11.8 Å². The molecule has 2 aromatic rings. The molecule has 0 bridgehead atoms. The van der Waals surface area contributed by atoms with Crippen molar-refractivity contribution in [1.29, 1.82) is 0 Å². The highest BCUT2D eigenvalue weighted by atomic mass is 35.5. The minimum absolute atomic E-state index is 0.0672. The number of rotatable bonds is 8. The maximum Gasteiger partial charge on any atom is 0.242 e. The van der Waals surface area contributed by atoms with Gasteiger partial charge in [-0.25, -0.2) is 0 Å². The quantitative estimate of drug-likeness (QED) is 0.645. The number of thioether (sulfide) groups is 1. The van der Waals surface area contributed by atoms with Crippen LogP contribution >= 0.6 is 23.4 Å². The number of carbonyl (C=O) groups excluding carboxylic acids is 2. The molecule has 1 N–H and O–H groups in total. The zero-order valence-electron chi connectivity index (χ0n) is 17.4. The molecule has 0 spiro atoms. The van der Waals surface area contributed by atoms with E-state index in [1.807, 2.05) is 75.4 Å². The third kappa shape index (κ3) is 7.75. The fourth-order valence-corrected chi connectivity index (χ4v) is 3.98. The number of nitrogens with one attached hydrogen (secondary N) is 1. The Hall–Kier alpha value is -1.98. The van der Waals surface area contributed by atoms with Gasteiger partial charge in [-0.05, 0) is 44.9 Å². The van der Waals surface area contributed by atoms with Crippen molar-refractivity contribution in [3.05, 3.63) is 70.7 Å². The van der Waals surface area contributed by atoms with Crippen molar-refractivity contribution in [2.45, 2.75) is 51.6 Å².